The Balaban J connectivity index is 1.35. The molecule has 39 heavy (non-hydrogen) atoms. The van der Waals surface area contributed by atoms with Gasteiger partial charge >= 0.3 is 0 Å². The maximum atomic E-state index is 13.4. The number of hydrogen-bond donors (Lipinski definition) is 4. The summed E-state index contributed by atoms with van der Waals surface area (Å²) in [5.74, 6) is -0.341. The fourth-order valence-electron chi connectivity index (χ4n) is 5.48. The number of nitrogens with one attached hydrogen (secondary N) is 4. The van der Waals surface area contributed by atoms with Gasteiger partial charge in [-0.15, -0.1) is 11.3 Å². The van der Waals surface area contributed by atoms with Gasteiger partial charge in [0, 0.05) is 45.8 Å². The zero-order valence-corrected chi connectivity index (χ0v) is 23.9. The maximum absolute atomic E-state index is 13.4. The van der Waals surface area contributed by atoms with E-state index in [2.05, 4.69) is 26.2 Å². The number of benzene rings is 1. The molecule has 4 rings (SSSR count). The summed E-state index contributed by atoms with van der Waals surface area (Å²) in [5.41, 5.74) is 2.52. The summed E-state index contributed by atoms with van der Waals surface area (Å²) in [7, 11) is 0. The van der Waals surface area contributed by atoms with Gasteiger partial charge in [0.25, 0.3) is 17.7 Å². The lowest BCUT2D eigenvalue weighted by molar-refractivity contribution is -0.912. The molecule has 0 atom stereocenters. The third-order valence-corrected chi connectivity index (χ3v) is 8.77. The molecule has 0 bridgehead atoms. The number of thiophene rings is 1. The van der Waals surface area contributed by atoms with Gasteiger partial charge in [0.15, 0.2) is 13.1 Å². The Morgan fingerprint density at radius 2 is 1.64 bits per heavy atom. The van der Waals surface area contributed by atoms with Crippen molar-refractivity contribution >= 4 is 34.7 Å². The van der Waals surface area contributed by atoms with Crippen LogP contribution in [0.15, 0.2) is 35.7 Å². The number of quaternary nitrogens is 1. The van der Waals surface area contributed by atoms with Crippen molar-refractivity contribution in [2.75, 3.05) is 70.8 Å². The van der Waals surface area contributed by atoms with Crippen molar-refractivity contribution < 1.29 is 18.9 Å². The fourth-order valence-corrected chi connectivity index (χ4v) is 6.40. The number of rotatable bonds is 11. The number of carbonyl (C=O) groups excluding carboxylic acids is 3. The van der Waals surface area contributed by atoms with Crippen molar-refractivity contribution in [1.29, 1.82) is 0 Å². The third kappa shape index (κ3) is 8.86. The minimum atomic E-state index is -0.155. The fraction of sp³-hybridized carbons (Fsp3) is 0.552. The summed E-state index contributed by atoms with van der Waals surface area (Å²) in [4.78, 5) is 42.3. The number of piperazine rings is 1. The molecule has 212 valence electrons. The average Bonchev–Trinajstić information content (AvgIpc) is 3.14. The van der Waals surface area contributed by atoms with E-state index >= 15 is 0 Å². The number of nitrogens with zero attached hydrogens (tertiary/aromatic N) is 2. The van der Waals surface area contributed by atoms with Crippen LogP contribution >= 0.6 is 11.3 Å². The summed E-state index contributed by atoms with van der Waals surface area (Å²) in [6.45, 7) is 9.80. The van der Waals surface area contributed by atoms with Crippen LogP contribution < -0.4 is 21.3 Å². The number of anilines is 1. The molecule has 2 aromatic rings. The Kier molecular flexibility index (Phi) is 10.9. The lowest BCUT2D eigenvalue weighted by atomic mass is 10.2. The molecule has 2 aliphatic rings. The quantitative estimate of drug-likeness (QED) is 0.319. The minimum absolute atomic E-state index is 0.0372. The highest BCUT2D eigenvalue weighted by Crippen LogP contribution is 2.28. The monoisotopic (exact) mass is 555 g/mol. The molecule has 3 heterocycles. The highest BCUT2D eigenvalue weighted by atomic mass is 32.1. The molecule has 0 radical (unpaired) electrons. The number of likely N-dealkylation sites (tertiary alicyclic amines) is 1. The summed E-state index contributed by atoms with van der Waals surface area (Å²) in [6, 6.07) is 9.86. The van der Waals surface area contributed by atoms with Gasteiger partial charge in [0.05, 0.1) is 18.8 Å². The number of carbonyl (C=O) groups is 3. The SMILES string of the molecule is Cc1csc(C(=O)NCCN2CCNCC2)c1NC(=O)C[N+]1(CC(=O)NCc2ccccc2)CCCCCC1. The topological polar surface area (TPSA) is 103 Å². The lowest BCUT2D eigenvalue weighted by Crippen LogP contribution is -2.57. The maximum Gasteiger partial charge on any atom is 0.279 e. The second-order valence-electron chi connectivity index (χ2n) is 10.8. The van der Waals surface area contributed by atoms with E-state index in [4.69, 9.17) is 0 Å². The molecule has 1 aromatic heterocycles. The van der Waals surface area contributed by atoms with Crippen LogP contribution in [0, 0.1) is 6.92 Å². The van der Waals surface area contributed by atoms with Gasteiger partial charge in [0.2, 0.25) is 0 Å². The standard InChI is InChI=1S/C29H42N6O3S/c1-23-22-39-28(29(38)31-13-16-34-14-11-30-12-15-34)27(23)33-26(37)21-35(17-7-2-3-8-18-35)20-25(36)32-19-24-9-5-4-6-10-24/h4-6,9-10,22,30H,2-3,7-8,11-21H2,1H3,(H2-,31,32,33,36,37,38)/p+1. The van der Waals surface area contributed by atoms with E-state index in [0.717, 1.165) is 82.6 Å². The summed E-state index contributed by atoms with van der Waals surface area (Å²) < 4.78 is 0.446. The Morgan fingerprint density at radius 3 is 2.36 bits per heavy atom. The zero-order valence-electron chi connectivity index (χ0n) is 23.1. The van der Waals surface area contributed by atoms with Gasteiger partial charge in [0.1, 0.15) is 4.88 Å². The molecule has 0 unspecified atom stereocenters. The van der Waals surface area contributed by atoms with Crippen LogP contribution in [0.2, 0.25) is 0 Å². The van der Waals surface area contributed by atoms with E-state index in [1.54, 1.807) is 0 Å². The van der Waals surface area contributed by atoms with Gasteiger partial charge in [-0.1, -0.05) is 30.3 Å². The van der Waals surface area contributed by atoms with E-state index in [1.165, 1.54) is 11.3 Å². The molecule has 0 saturated carbocycles. The molecule has 0 spiro atoms. The normalized spacial score (nSPS) is 17.7. The van der Waals surface area contributed by atoms with E-state index in [-0.39, 0.29) is 30.8 Å². The first-order chi connectivity index (χ1) is 18.9. The molecule has 4 N–H and O–H groups in total. The van der Waals surface area contributed by atoms with Gasteiger partial charge in [-0.3, -0.25) is 19.3 Å². The second kappa shape index (κ2) is 14.6. The van der Waals surface area contributed by atoms with E-state index < -0.39 is 0 Å². The largest absolute Gasteiger partial charge is 0.350 e. The van der Waals surface area contributed by atoms with Gasteiger partial charge < -0.3 is 25.8 Å². The van der Waals surface area contributed by atoms with Crippen LogP contribution in [-0.4, -0.2) is 92.6 Å². The van der Waals surface area contributed by atoms with Gasteiger partial charge in [-0.2, -0.15) is 0 Å². The third-order valence-electron chi connectivity index (χ3n) is 7.67. The average molecular weight is 556 g/mol. The first-order valence-electron chi connectivity index (χ1n) is 14.2. The van der Waals surface area contributed by atoms with E-state index in [0.29, 0.717) is 28.1 Å². The summed E-state index contributed by atoms with van der Waals surface area (Å²) in [6.07, 6.45) is 4.24. The molecular formula is C29H43N6O3S+. The molecule has 2 aliphatic heterocycles. The summed E-state index contributed by atoms with van der Waals surface area (Å²) >= 11 is 1.36. The predicted octanol–water partition coefficient (Wildman–Crippen LogP) is 2.34. The van der Waals surface area contributed by atoms with E-state index in [1.807, 2.05) is 42.6 Å². The Bertz CT molecular complexity index is 1090. The van der Waals surface area contributed by atoms with Gasteiger partial charge in [-0.05, 0) is 49.1 Å². The smallest absolute Gasteiger partial charge is 0.279 e. The van der Waals surface area contributed by atoms with Crippen LogP contribution in [0.25, 0.3) is 0 Å². The highest BCUT2D eigenvalue weighted by Gasteiger charge is 2.34. The van der Waals surface area contributed by atoms with Crippen molar-refractivity contribution in [2.24, 2.45) is 0 Å². The van der Waals surface area contributed by atoms with Crippen LogP contribution in [0.1, 0.15) is 46.5 Å². The second-order valence-corrected chi connectivity index (χ2v) is 11.7. The summed E-state index contributed by atoms with van der Waals surface area (Å²) in [5, 5.41) is 14.4. The van der Waals surface area contributed by atoms with Crippen LogP contribution in [-0.2, 0) is 16.1 Å². The number of amides is 3. The first-order valence-corrected chi connectivity index (χ1v) is 15.1. The van der Waals surface area contributed by atoms with Crippen LogP contribution in [0.4, 0.5) is 5.69 Å². The molecule has 2 saturated heterocycles. The molecule has 1 aromatic carbocycles. The number of aryl methyl sites for hydroxylation is 1. The molecule has 3 amide bonds. The first kappa shape index (κ1) is 29.2. The Hall–Kier alpha value is -2.79. The Morgan fingerprint density at radius 1 is 0.949 bits per heavy atom. The molecule has 10 heteroatoms. The zero-order chi connectivity index (χ0) is 27.5. The minimum Gasteiger partial charge on any atom is -0.350 e. The van der Waals surface area contributed by atoms with E-state index in [9.17, 15) is 14.4 Å². The van der Waals surface area contributed by atoms with Crippen molar-refractivity contribution in [3.05, 3.63) is 51.7 Å². The van der Waals surface area contributed by atoms with Crippen molar-refractivity contribution in [3.63, 3.8) is 0 Å². The van der Waals surface area contributed by atoms with Crippen molar-refractivity contribution in [2.45, 2.75) is 39.2 Å². The van der Waals surface area contributed by atoms with Crippen LogP contribution in [0.5, 0.6) is 0 Å². The van der Waals surface area contributed by atoms with Crippen molar-refractivity contribution in [3.8, 4) is 0 Å². The molecule has 0 aliphatic carbocycles. The van der Waals surface area contributed by atoms with Crippen molar-refractivity contribution in [1.82, 2.24) is 20.9 Å². The highest BCUT2D eigenvalue weighted by molar-refractivity contribution is 7.13. The molecule has 2 fully saturated rings. The lowest BCUT2D eigenvalue weighted by Gasteiger charge is -2.36. The predicted molar refractivity (Wildman–Crippen MR) is 156 cm³/mol. The van der Waals surface area contributed by atoms with Crippen LogP contribution in [0.3, 0.4) is 0 Å². The molecule has 9 nitrogen and oxygen atoms in total. The number of hydrogen-bond acceptors (Lipinski definition) is 6. The van der Waals surface area contributed by atoms with Gasteiger partial charge in [-0.25, -0.2) is 0 Å². The molecular weight excluding hydrogens is 512 g/mol. The Labute approximate surface area is 235 Å².